The standard InChI is InChI=1S/C28H25F2N3O5S.C21H21N3O5S.C20H17F2N3O4S/c1-32(39(3,35)36)26-21-5-4-12-31-25(21)27(38-16-17-6-9-20(37-2)10-7-17)24-22(26)15-33(28(24)34)14-18-13-19(29)8-11-23(18)30;1-24(30(3,26)27)19-15-5-4-10-22-18(15)20(17-16(19)11-23-21(17)25)29-12-13-6-8-14(28-2)9-7-13;1-24(30(2,28)29)18-13-4-3-7-23-17(13)19(26)16-14(18)10-25(20(16)27)9-11-8-12(21)5-6-15(11)22/h4-13H,14-16H2,1-3H3;4-10H,11-12H2,1-3H3,(H,23,25);3-8,26H,9-10H2,1-2H3. The second-order valence-electron chi connectivity index (χ2n) is 23.3. The van der Waals surface area contributed by atoms with E-state index >= 15 is 0 Å². The van der Waals surface area contributed by atoms with E-state index in [4.69, 9.17) is 18.9 Å². The fourth-order valence-electron chi connectivity index (χ4n) is 11.8. The summed E-state index contributed by atoms with van der Waals surface area (Å²) in [7, 11) is -3.62. The Labute approximate surface area is 566 Å². The van der Waals surface area contributed by atoms with E-state index in [1.165, 1.54) is 47.6 Å². The molecule has 30 heteroatoms. The first-order chi connectivity index (χ1) is 47.0. The van der Waals surface area contributed by atoms with Crippen molar-refractivity contribution in [2.45, 2.75) is 45.9 Å². The number of nitrogens with zero attached hydrogens (tertiary/aromatic N) is 8. The number of hydrogen-bond acceptors (Lipinski definition) is 17. The Morgan fingerprint density at radius 2 is 0.879 bits per heavy atom. The molecule has 0 unspecified atom stereocenters. The van der Waals surface area contributed by atoms with Gasteiger partial charge in [-0.25, -0.2) is 42.8 Å². The molecule has 99 heavy (non-hydrogen) atoms. The number of rotatable bonds is 18. The molecule has 0 radical (unpaired) electrons. The molecule has 2 N–H and O–H groups in total. The molecule has 514 valence electrons. The molecule has 3 amide bonds. The van der Waals surface area contributed by atoms with Crippen LogP contribution in [0.15, 0.2) is 140 Å². The van der Waals surface area contributed by atoms with Crippen LogP contribution >= 0.6 is 0 Å². The Balaban J connectivity index is 0.000000152. The predicted molar refractivity (Wildman–Crippen MR) is 362 cm³/mol. The molecule has 3 aliphatic heterocycles. The predicted octanol–water partition coefficient (Wildman–Crippen LogP) is 9.88. The van der Waals surface area contributed by atoms with Crippen molar-refractivity contribution in [1.29, 1.82) is 0 Å². The number of amides is 3. The van der Waals surface area contributed by atoms with Crippen LogP contribution < -0.4 is 37.2 Å². The van der Waals surface area contributed by atoms with Gasteiger partial charge in [-0.3, -0.25) is 42.3 Å². The van der Waals surface area contributed by atoms with Gasteiger partial charge in [0.1, 0.15) is 64.5 Å². The summed E-state index contributed by atoms with van der Waals surface area (Å²) in [6.45, 7) is -0.0666. The van der Waals surface area contributed by atoms with Gasteiger partial charge in [0.05, 0.1) is 66.7 Å². The van der Waals surface area contributed by atoms with Crippen molar-refractivity contribution < 1.29 is 81.3 Å². The zero-order valence-corrected chi connectivity index (χ0v) is 56.7. The van der Waals surface area contributed by atoms with Crippen molar-refractivity contribution in [3.63, 3.8) is 0 Å². The van der Waals surface area contributed by atoms with Crippen molar-refractivity contribution in [2.24, 2.45) is 0 Å². The molecule has 0 atom stereocenters. The number of methoxy groups -OCH3 is 2. The lowest BCUT2D eigenvalue weighted by atomic mass is 10.0. The Bertz CT molecular complexity index is 5270. The summed E-state index contributed by atoms with van der Waals surface area (Å²) in [5.74, 6) is -2.49. The maximum absolute atomic E-state index is 14.5. The van der Waals surface area contributed by atoms with Crippen LogP contribution in [0.3, 0.4) is 0 Å². The number of sulfonamides is 3. The lowest BCUT2D eigenvalue weighted by Gasteiger charge is -2.23. The highest BCUT2D eigenvalue weighted by atomic mass is 32.2. The average molecular weight is 1410 g/mol. The van der Waals surface area contributed by atoms with Crippen LogP contribution in [0, 0.1) is 23.3 Å². The van der Waals surface area contributed by atoms with E-state index < -0.39 is 65.2 Å². The summed E-state index contributed by atoms with van der Waals surface area (Å²) in [6, 6.07) is 30.7. The van der Waals surface area contributed by atoms with E-state index in [2.05, 4.69) is 20.3 Å². The molecule has 3 aromatic heterocycles. The lowest BCUT2D eigenvalue weighted by Crippen LogP contribution is -2.26. The number of ether oxygens (including phenoxy) is 4. The van der Waals surface area contributed by atoms with Gasteiger partial charge in [-0.05, 0) is 108 Å². The summed E-state index contributed by atoms with van der Waals surface area (Å²) in [6.07, 6.45) is 7.74. The minimum atomic E-state index is -3.74. The van der Waals surface area contributed by atoms with Crippen LogP contribution in [0.5, 0.6) is 28.7 Å². The SMILES string of the molecule is CN(c1c2c(c(O)c3ncccc13)C(=O)N(Cc1cc(F)ccc1F)C2)S(C)(=O)=O.COc1ccc(COc2c3c(c(N(C)S(C)(=O)=O)c4cccnc24)CN(Cc2cc(F)ccc2F)C3=O)cc1.COc1ccc(COc2c3c(c(N(C)S(C)(=O)=O)c4cccnc24)CNC3=O)cc1. The topological polar surface area (TPSA) is 278 Å². The van der Waals surface area contributed by atoms with Crippen molar-refractivity contribution >= 4 is 97.6 Å². The zero-order chi connectivity index (χ0) is 71.2. The third-order valence-electron chi connectivity index (χ3n) is 16.9. The third kappa shape index (κ3) is 13.9. The van der Waals surface area contributed by atoms with Crippen molar-refractivity contribution in [2.75, 3.05) is 67.0 Å². The minimum Gasteiger partial charge on any atom is -0.505 e. The van der Waals surface area contributed by atoms with Gasteiger partial charge >= 0.3 is 0 Å². The van der Waals surface area contributed by atoms with Crippen LogP contribution in [-0.4, -0.2) is 127 Å². The molecular weight excluding hydrogens is 1350 g/mol. The molecule has 13 rings (SSSR count). The highest BCUT2D eigenvalue weighted by molar-refractivity contribution is 7.92. The molecule has 0 bridgehead atoms. The van der Waals surface area contributed by atoms with Gasteiger partial charge in [0, 0.05) is 116 Å². The Hall–Kier alpha value is -10.9. The quantitative estimate of drug-likeness (QED) is 0.0756. The molecule has 10 aromatic rings. The van der Waals surface area contributed by atoms with Crippen LogP contribution in [0.25, 0.3) is 32.7 Å². The first kappa shape index (κ1) is 69.5. The summed E-state index contributed by atoms with van der Waals surface area (Å²) >= 11 is 0. The maximum Gasteiger partial charge on any atom is 0.258 e. The van der Waals surface area contributed by atoms with Gasteiger partial charge in [0.15, 0.2) is 17.2 Å². The van der Waals surface area contributed by atoms with E-state index in [0.717, 1.165) is 80.7 Å². The van der Waals surface area contributed by atoms with Gasteiger partial charge < -0.3 is 39.2 Å². The number of aromatic nitrogens is 3. The van der Waals surface area contributed by atoms with Crippen LogP contribution in [0.2, 0.25) is 0 Å². The highest BCUT2D eigenvalue weighted by Crippen LogP contribution is 2.48. The summed E-state index contributed by atoms with van der Waals surface area (Å²) in [5.41, 5.74) is 5.03. The summed E-state index contributed by atoms with van der Waals surface area (Å²) in [5, 5.41) is 14.9. The first-order valence-electron chi connectivity index (χ1n) is 30.1. The summed E-state index contributed by atoms with van der Waals surface area (Å²) < 4.78 is 156. The average Bonchev–Trinajstić information content (AvgIpc) is 1.66. The van der Waals surface area contributed by atoms with Gasteiger partial charge in [-0.15, -0.1) is 0 Å². The number of fused-ring (bicyclic) bond motifs is 6. The maximum atomic E-state index is 14.5. The van der Waals surface area contributed by atoms with Crippen LogP contribution in [0.1, 0.15) is 70.0 Å². The number of phenolic OH excluding ortho intramolecular Hbond substituents is 1. The van der Waals surface area contributed by atoms with Crippen molar-refractivity contribution in [3.8, 4) is 28.7 Å². The number of nitrogens with one attached hydrogen (secondary N) is 1. The van der Waals surface area contributed by atoms with Gasteiger partial charge in [0.25, 0.3) is 17.7 Å². The molecule has 0 fully saturated rings. The fraction of sp³-hybridized carbons (Fsp3) is 0.217. The van der Waals surface area contributed by atoms with Crippen LogP contribution in [-0.2, 0) is 76.0 Å². The summed E-state index contributed by atoms with van der Waals surface area (Å²) in [4.78, 5) is 55.0. The zero-order valence-electron chi connectivity index (χ0n) is 54.3. The molecule has 0 saturated heterocycles. The third-order valence-corrected chi connectivity index (χ3v) is 20.4. The highest BCUT2D eigenvalue weighted by Gasteiger charge is 2.40. The number of carbonyl (C=O) groups excluding carboxylic acids is 3. The number of aromatic hydroxyl groups is 1. The molecular formula is C69H63F4N9O14S3. The monoisotopic (exact) mass is 1410 g/mol. The van der Waals surface area contributed by atoms with E-state index in [1.807, 2.05) is 36.4 Å². The fourth-order valence-corrected chi connectivity index (χ4v) is 13.5. The lowest BCUT2D eigenvalue weighted by molar-refractivity contribution is 0.0755. The number of phenols is 1. The van der Waals surface area contributed by atoms with Gasteiger partial charge in [-0.2, -0.15) is 0 Å². The molecule has 6 heterocycles. The molecule has 7 aromatic carbocycles. The molecule has 23 nitrogen and oxygen atoms in total. The van der Waals surface area contributed by atoms with Gasteiger partial charge in [0.2, 0.25) is 30.1 Å². The number of benzene rings is 7. The second kappa shape index (κ2) is 27.6. The van der Waals surface area contributed by atoms with E-state index in [1.54, 1.807) is 68.9 Å². The number of pyridine rings is 3. The van der Waals surface area contributed by atoms with E-state index in [0.29, 0.717) is 61.1 Å². The molecule has 3 aliphatic rings. The normalized spacial score (nSPS) is 13.3. The number of hydrogen-bond donors (Lipinski definition) is 2. The largest absolute Gasteiger partial charge is 0.505 e. The van der Waals surface area contributed by atoms with Crippen LogP contribution in [0.4, 0.5) is 34.6 Å². The van der Waals surface area contributed by atoms with E-state index in [9.17, 15) is 62.3 Å². The van der Waals surface area contributed by atoms with E-state index in [-0.39, 0.29) is 108 Å². The van der Waals surface area contributed by atoms with Gasteiger partial charge in [-0.1, -0.05) is 24.3 Å². The number of halogens is 4. The first-order valence-corrected chi connectivity index (χ1v) is 35.6. The Kier molecular flexibility index (Phi) is 19.4. The Morgan fingerprint density at radius 3 is 1.29 bits per heavy atom. The molecule has 0 saturated carbocycles. The number of anilines is 3. The molecule has 0 spiro atoms. The Morgan fingerprint density at radius 1 is 0.505 bits per heavy atom. The van der Waals surface area contributed by atoms with Crippen molar-refractivity contribution in [1.82, 2.24) is 30.1 Å². The van der Waals surface area contributed by atoms with Crippen molar-refractivity contribution in [3.05, 3.63) is 219 Å². The molecule has 0 aliphatic carbocycles. The minimum absolute atomic E-state index is 0.00226. The number of carbonyl (C=O) groups is 3. The smallest absolute Gasteiger partial charge is 0.258 e. The second-order valence-corrected chi connectivity index (χ2v) is 29.3.